The summed E-state index contributed by atoms with van der Waals surface area (Å²) in [6.45, 7) is 9.16. The fourth-order valence-corrected chi connectivity index (χ4v) is 10.5. The normalized spacial score (nSPS) is 39.6. The number of carbonyl (C=O) groups excluding carboxylic acids is 3. The van der Waals surface area contributed by atoms with Crippen molar-refractivity contribution in [2.24, 2.45) is 46.3 Å². The minimum atomic E-state index is 0.0143. The summed E-state index contributed by atoms with van der Waals surface area (Å²) >= 11 is 7.67. The number of hydrogen-bond acceptors (Lipinski definition) is 4. The molecule has 36 heavy (non-hydrogen) atoms. The lowest BCUT2D eigenvalue weighted by molar-refractivity contribution is -0.159. The summed E-state index contributed by atoms with van der Waals surface area (Å²) in [4.78, 5) is 40.0. The van der Waals surface area contributed by atoms with Gasteiger partial charge in [0.2, 0.25) is 5.91 Å². The Morgan fingerprint density at radius 1 is 1.11 bits per heavy atom. The number of halogens is 1. The minimum Gasteiger partial charge on any atom is -0.348 e. The van der Waals surface area contributed by atoms with Gasteiger partial charge in [0.05, 0.1) is 10.4 Å². The Morgan fingerprint density at radius 2 is 1.86 bits per heavy atom. The molecule has 4 fully saturated rings. The largest absolute Gasteiger partial charge is 0.348 e. The number of amides is 1. The number of nitrogens with one attached hydrogen (secondary N) is 1. The van der Waals surface area contributed by atoms with Gasteiger partial charge in [-0.1, -0.05) is 39.3 Å². The van der Waals surface area contributed by atoms with Crippen molar-refractivity contribution in [3.63, 3.8) is 0 Å². The second kappa shape index (κ2) is 9.84. The molecular formula is C30H42ClNO3S. The number of carbonyl (C=O) groups is 3. The van der Waals surface area contributed by atoms with Crippen molar-refractivity contribution in [1.29, 1.82) is 0 Å². The van der Waals surface area contributed by atoms with Crippen molar-refractivity contribution in [1.82, 2.24) is 5.32 Å². The standard InChI is InChI=1S/C30H42ClNO3S/c1-5-23(25-8-9-26(31)36-25)32-27(35)14-17(2)20-6-7-21-28-22(11-13-30(20,21)4)29(3)12-10-19(33)15-18(29)16-24(28)34/h8-9,17-18,20-23,28H,5-7,10-16H2,1-4H3,(H,32,35)/t17-,18?,20?,21+,22+,23?,28?,29?,30?/m1/s1. The zero-order valence-electron chi connectivity index (χ0n) is 22.3. The van der Waals surface area contributed by atoms with E-state index in [-0.39, 0.29) is 40.5 Å². The maximum atomic E-state index is 13.6. The molecule has 0 radical (unpaired) electrons. The average Bonchev–Trinajstić information content (AvgIpc) is 3.41. The maximum absolute atomic E-state index is 13.6. The van der Waals surface area contributed by atoms with E-state index in [1.807, 2.05) is 12.1 Å². The molecule has 1 aromatic heterocycles. The number of rotatable bonds is 6. The quantitative estimate of drug-likeness (QED) is 0.416. The Morgan fingerprint density at radius 3 is 2.56 bits per heavy atom. The van der Waals surface area contributed by atoms with E-state index in [2.05, 4.69) is 33.0 Å². The number of ketones is 2. The molecule has 0 saturated heterocycles. The fraction of sp³-hybridized carbons (Fsp3) is 0.767. The molecule has 0 aromatic carbocycles. The molecule has 198 valence electrons. The zero-order chi connectivity index (χ0) is 25.8. The third kappa shape index (κ3) is 4.40. The Labute approximate surface area is 225 Å². The van der Waals surface area contributed by atoms with Crippen LogP contribution >= 0.6 is 22.9 Å². The van der Waals surface area contributed by atoms with Crippen molar-refractivity contribution in [3.05, 3.63) is 21.3 Å². The van der Waals surface area contributed by atoms with Crippen LogP contribution in [-0.4, -0.2) is 17.5 Å². The molecule has 4 aliphatic carbocycles. The van der Waals surface area contributed by atoms with Gasteiger partial charge in [-0.15, -0.1) is 11.3 Å². The second-order valence-corrected chi connectivity index (χ2v) is 14.7. The molecule has 4 nitrogen and oxygen atoms in total. The monoisotopic (exact) mass is 531 g/mol. The Kier molecular flexibility index (Phi) is 7.22. The highest BCUT2D eigenvalue weighted by Crippen LogP contribution is 2.67. The van der Waals surface area contributed by atoms with Gasteiger partial charge in [0.15, 0.2) is 0 Å². The van der Waals surface area contributed by atoms with Crippen LogP contribution in [0, 0.1) is 46.3 Å². The molecule has 6 unspecified atom stereocenters. The molecule has 6 heteroatoms. The third-order valence-corrected chi connectivity index (χ3v) is 12.6. The second-order valence-electron chi connectivity index (χ2n) is 12.9. The van der Waals surface area contributed by atoms with Gasteiger partial charge >= 0.3 is 0 Å². The summed E-state index contributed by atoms with van der Waals surface area (Å²) in [7, 11) is 0. The summed E-state index contributed by atoms with van der Waals surface area (Å²) in [6, 6.07) is 3.93. The topological polar surface area (TPSA) is 63.2 Å². The first-order chi connectivity index (χ1) is 17.1. The zero-order valence-corrected chi connectivity index (χ0v) is 23.9. The van der Waals surface area contributed by atoms with Gasteiger partial charge in [-0.3, -0.25) is 14.4 Å². The van der Waals surface area contributed by atoms with Crippen molar-refractivity contribution in [2.75, 3.05) is 0 Å². The summed E-state index contributed by atoms with van der Waals surface area (Å²) in [5.41, 5.74) is 0.257. The molecular weight excluding hydrogens is 490 g/mol. The summed E-state index contributed by atoms with van der Waals surface area (Å²) in [5.74, 6) is 2.91. The van der Waals surface area contributed by atoms with Crippen LogP contribution in [0.4, 0.5) is 0 Å². The van der Waals surface area contributed by atoms with Crippen LogP contribution < -0.4 is 5.32 Å². The van der Waals surface area contributed by atoms with Gasteiger partial charge in [-0.25, -0.2) is 0 Å². The SMILES string of the molecule is CCC(NC(=O)C[C@@H](C)C1CC[C@H]2C3C(=O)CC4CC(=O)CCC4(C)[C@H]3CCC12C)c1ccc(Cl)s1. The van der Waals surface area contributed by atoms with E-state index in [0.29, 0.717) is 55.0 Å². The van der Waals surface area contributed by atoms with Crippen molar-refractivity contribution < 1.29 is 14.4 Å². The highest BCUT2D eigenvalue weighted by atomic mass is 35.5. The highest BCUT2D eigenvalue weighted by Gasteiger charge is 2.63. The van der Waals surface area contributed by atoms with Crippen molar-refractivity contribution >= 4 is 40.4 Å². The molecule has 0 spiro atoms. The van der Waals surface area contributed by atoms with Crippen LogP contribution in [0.3, 0.4) is 0 Å². The number of hydrogen-bond donors (Lipinski definition) is 1. The lowest BCUT2D eigenvalue weighted by Gasteiger charge is -2.59. The van der Waals surface area contributed by atoms with Crippen molar-refractivity contribution in [2.45, 2.75) is 97.9 Å². The molecule has 1 amide bonds. The van der Waals surface area contributed by atoms with Gasteiger partial charge in [0, 0.05) is 36.5 Å². The number of Topliss-reactive ketones (excluding diaryl/α,β-unsaturated/α-hetero) is 2. The molecule has 0 bridgehead atoms. The predicted molar refractivity (Wildman–Crippen MR) is 145 cm³/mol. The van der Waals surface area contributed by atoms with Gasteiger partial charge in [-0.2, -0.15) is 0 Å². The van der Waals surface area contributed by atoms with E-state index in [0.717, 1.165) is 47.7 Å². The molecule has 9 atom stereocenters. The van der Waals surface area contributed by atoms with E-state index in [1.165, 1.54) is 11.3 Å². The lowest BCUT2D eigenvalue weighted by Crippen LogP contribution is -2.57. The lowest BCUT2D eigenvalue weighted by atomic mass is 9.44. The molecule has 4 aliphatic rings. The first kappa shape index (κ1) is 26.4. The maximum Gasteiger partial charge on any atom is 0.220 e. The highest BCUT2D eigenvalue weighted by molar-refractivity contribution is 7.16. The smallest absolute Gasteiger partial charge is 0.220 e. The van der Waals surface area contributed by atoms with Crippen LogP contribution in [0.5, 0.6) is 0 Å². The van der Waals surface area contributed by atoms with Crippen molar-refractivity contribution in [3.8, 4) is 0 Å². The molecule has 1 N–H and O–H groups in total. The van der Waals surface area contributed by atoms with Crippen LogP contribution in [0.2, 0.25) is 4.34 Å². The van der Waals surface area contributed by atoms with Gasteiger partial charge in [0.25, 0.3) is 0 Å². The fourth-order valence-electron chi connectivity index (χ4n) is 9.28. The first-order valence-electron chi connectivity index (χ1n) is 14.2. The van der Waals surface area contributed by atoms with E-state index in [4.69, 9.17) is 11.6 Å². The molecule has 1 aromatic rings. The summed E-state index contributed by atoms with van der Waals surface area (Å²) < 4.78 is 0.754. The minimum absolute atomic E-state index is 0.0143. The van der Waals surface area contributed by atoms with Gasteiger partial charge in [-0.05, 0) is 91.1 Å². The van der Waals surface area contributed by atoms with Gasteiger partial charge in [0.1, 0.15) is 11.6 Å². The number of fused-ring (bicyclic) bond motifs is 5. The Balaban J connectivity index is 1.28. The Hall–Kier alpha value is -1.20. The van der Waals surface area contributed by atoms with E-state index < -0.39 is 0 Å². The molecule has 4 saturated carbocycles. The van der Waals surface area contributed by atoms with E-state index in [1.54, 1.807) is 0 Å². The van der Waals surface area contributed by atoms with Crippen LogP contribution in [-0.2, 0) is 14.4 Å². The van der Waals surface area contributed by atoms with E-state index in [9.17, 15) is 14.4 Å². The van der Waals surface area contributed by atoms with Crippen LogP contribution in [0.15, 0.2) is 12.1 Å². The van der Waals surface area contributed by atoms with Gasteiger partial charge < -0.3 is 5.32 Å². The van der Waals surface area contributed by atoms with E-state index >= 15 is 0 Å². The summed E-state index contributed by atoms with van der Waals surface area (Å²) in [6.07, 6.45) is 8.69. The third-order valence-electron chi connectivity index (χ3n) is 11.2. The predicted octanol–water partition coefficient (Wildman–Crippen LogP) is 7.40. The van der Waals surface area contributed by atoms with Crippen LogP contribution in [0.25, 0.3) is 0 Å². The molecule has 0 aliphatic heterocycles. The molecule has 5 rings (SSSR count). The van der Waals surface area contributed by atoms with Crippen LogP contribution in [0.1, 0.15) is 103 Å². The first-order valence-corrected chi connectivity index (χ1v) is 15.3. The molecule has 1 heterocycles. The summed E-state index contributed by atoms with van der Waals surface area (Å²) in [5, 5.41) is 3.26. The number of thiophene rings is 1. The Bertz CT molecular complexity index is 1040. The average molecular weight is 532 g/mol.